The van der Waals surface area contributed by atoms with E-state index in [1.807, 2.05) is 12.1 Å². The van der Waals surface area contributed by atoms with E-state index in [1.165, 1.54) is 19.3 Å². The molecule has 0 saturated heterocycles. The Bertz CT molecular complexity index is 446. The van der Waals surface area contributed by atoms with Gasteiger partial charge in [-0.2, -0.15) is 0 Å². The van der Waals surface area contributed by atoms with Crippen molar-refractivity contribution in [3.05, 3.63) is 22.7 Å². The summed E-state index contributed by atoms with van der Waals surface area (Å²) in [4.78, 5) is 0. The molecule has 0 aromatic heterocycles. The summed E-state index contributed by atoms with van der Waals surface area (Å²) in [6.45, 7) is 3.05. The summed E-state index contributed by atoms with van der Waals surface area (Å²) in [6, 6.07) is 4.52. The molecule has 0 radical (unpaired) electrons. The van der Waals surface area contributed by atoms with Crippen LogP contribution in [0.15, 0.2) is 12.1 Å². The lowest BCUT2D eigenvalue weighted by atomic mass is 10.1. The van der Waals surface area contributed by atoms with Crippen molar-refractivity contribution >= 4 is 11.6 Å². The van der Waals surface area contributed by atoms with Crippen LogP contribution in [0.1, 0.15) is 38.2 Å². The Morgan fingerprint density at radius 1 is 1.30 bits per heavy atom. The zero-order valence-corrected chi connectivity index (χ0v) is 13.3. The highest BCUT2D eigenvalue weighted by molar-refractivity contribution is 6.32. The average molecular weight is 298 g/mol. The normalized spacial score (nSPS) is 16.0. The molecule has 1 fully saturated rings. The van der Waals surface area contributed by atoms with Crippen LogP contribution in [-0.4, -0.2) is 20.3 Å². The van der Waals surface area contributed by atoms with E-state index in [4.69, 9.17) is 21.1 Å². The summed E-state index contributed by atoms with van der Waals surface area (Å²) in [5.74, 6) is 2.23. The van der Waals surface area contributed by atoms with E-state index < -0.39 is 0 Å². The van der Waals surface area contributed by atoms with Gasteiger partial charge in [0.05, 0.1) is 19.2 Å². The minimum Gasteiger partial charge on any atom is -0.493 e. The van der Waals surface area contributed by atoms with E-state index in [2.05, 4.69) is 12.2 Å². The first kappa shape index (κ1) is 15.5. The zero-order valence-electron chi connectivity index (χ0n) is 12.5. The molecule has 0 aliphatic heterocycles. The Labute approximate surface area is 126 Å². The number of halogens is 1. The number of methoxy groups -OCH3 is 2. The second kappa shape index (κ2) is 7.19. The van der Waals surface area contributed by atoms with E-state index in [-0.39, 0.29) is 0 Å². The number of nitrogens with one attached hydrogen (secondary N) is 1. The van der Waals surface area contributed by atoms with Gasteiger partial charge in [-0.05, 0) is 36.5 Å². The van der Waals surface area contributed by atoms with Gasteiger partial charge in [0, 0.05) is 12.6 Å². The van der Waals surface area contributed by atoms with E-state index in [0.717, 1.165) is 24.4 Å². The largest absolute Gasteiger partial charge is 0.493 e. The Morgan fingerprint density at radius 3 is 2.60 bits per heavy atom. The summed E-state index contributed by atoms with van der Waals surface area (Å²) < 4.78 is 10.6. The van der Waals surface area contributed by atoms with Crippen LogP contribution >= 0.6 is 11.6 Å². The Hall–Kier alpha value is -0.930. The molecule has 1 atom stereocenters. The molecule has 1 saturated carbocycles. The standard InChI is InChI=1S/C16H24ClNO2/c1-4-13(7-11-5-6-11)18-10-12-8-14(17)16(20-3)15(9-12)19-2/h8-9,11,13,18H,4-7,10H2,1-3H3. The Balaban J connectivity index is 1.99. The molecular weight excluding hydrogens is 274 g/mol. The fraction of sp³-hybridized carbons (Fsp3) is 0.625. The van der Waals surface area contributed by atoms with Gasteiger partial charge in [0.15, 0.2) is 11.5 Å². The first-order valence-corrected chi connectivity index (χ1v) is 7.69. The van der Waals surface area contributed by atoms with Gasteiger partial charge in [-0.15, -0.1) is 0 Å². The van der Waals surface area contributed by atoms with Crippen LogP contribution in [0.4, 0.5) is 0 Å². The summed E-state index contributed by atoms with van der Waals surface area (Å²) >= 11 is 6.22. The van der Waals surface area contributed by atoms with E-state index >= 15 is 0 Å². The predicted molar refractivity (Wildman–Crippen MR) is 82.8 cm³/mol. The third-order valence-electron chi connectivity index (χ3n) is 3.90. The predicted octanol–water partition coefficient (Wildman–Crippen LogP) is 4.03. The fourth-order valence-electron chi connectivity index (χ4n) is 2.49. The van der Waals surface area contributed by atoms with Gasteiger partial charge in [0.1, 0.15) is 0 Å². The van der Waals surface area contributed by atoms with Gasteiger partial charge < -0.3 is 14.8 Å². The van der Waals surface area contributed by atoms with Crippen molar-refractivity contribution in [2.45, 2.75) is 45.2 Å². The van der Waals surface area contributed by atoms with Crippen LogP contribution in [0.5, 0.6) is 11.5 Å². The van der Waals surface area contributed by atoms with Crippen molar-refractivity contribution in [1.82, 2.24) is 5.32 Å². The van der Waals surface area contributed by atoms with Gasteiger partial charge in [-0.3, -0.25) is 0 Å². The summed E-state index contributed by atoms with van der Waals surface area (Å²) in [7, 11) is 3.23. The van der Waals surface area contributed by atoms with Crippen LogP contribution in [0.2, 0.25) is 5.02 Å². The van der Waals surface area contributed by atoms with Crippen LogP contribution in [0.25, 0.3) is 0 Å². The number of benzene rings is 1. The lowest BCUT2D eigenvalue weighted by molar-refractivity contribution is 0.354. The van der Waals surface area contributed by atoms with Crippen molar-refractivity contribution < 1.29 is 9.47 Å². The summed E-state index contributed by atoms with van der Waals surface area (Å²) in [5, 5.41) is 4.21. The average Bonchev–Trinajstić information content (AvgIpc) is 3.26. The molecule has 1 aromatic carbocycles. The van der Waals surface area contributed by atoms with Crippen LogP contribution in [-0.2, 0) is 6.54 Å². The number of ether oxygens (including phenoxy) is 2. The first-order chi connectivity index (χ1) is 9.67. The zero-order chi connectivity index (χ0) is 14.5. The molecule has 0 heterocycles. The third-order valence-corrected chi connectivity index (χ3v) is 4.18. The molecule has 1 aliphatic carbocycles. The third kappa shape index (κ3) is 4.03. The summed E-state index contributed by atoms with van der Waals surface area (Å²) in [5.41, 5.74) is 1.13. The number of hydrogen-bond acceptors (Lipinski definition) is 3. The van der Waals surface area contributed by atoms with Gasteiger partial charge >= 0.3 is 0 Å². The second-order valence-electron chi connectivity index (χ2n) is 5.48. The molecule has 4 heteroatoms. The number of rotatable bonds is 8. The topological polar surface area (TPSA) is 30.5 Å². The van der Waals surface area contributed by atoms with E-state index in [1.54, 1.807) is 14.2 Å². The van der Waals surface area contributed by atoms with Gasteiger partial charge in [-0.25, -0.2) is 0 Å². The lowest BCUT2D eigenvalue weighted by Crippen LogP contribution is -2.28. The molecule has 1 aliphatic rings. The maximum Gasteiger partial charge on any atom is 0.179 e. The minimum absolute atomic E-state index is 0.592. The molecular formula is C16H24ClNO2. The second-order valence-corrected chi connectivity index (χ2v) is 5.89. The highest BCUT2D eigenvalue weighted by Gasteiger charge is 2.24. The smallest absolute Gasteiger partial charge is 0.179 e. The Kier molecular flexibility index (Phi) is 5.55. The Morgan fingerprint density at radius 2 is 2.05 bits per heavy atom. The number of hydrogen-bond donors (Lipinski definition) is 1. The fourth-order valence-corrected chi connectivity index (χ4v) is 2.80. The van der Waals surface area contributed by atoms with Crippen LogP contribution in [0.3, 0.4) is 0 Å². The molecule has 0 amide bonds. The van der Waals surface area contributed by atoms with Crippen molar-refractivity contribution in [2.24, 2.45) is 5.92 Å². The highest BCUT2D eigenvalue weighted by Crippen LogP contribution is 2.36. The minimum atomic E-state index is 0.592. The van der Waals surface area contributed by atoms with E-state index in [0.29, 0.717) is 22.6 Å². The van der Waals surface area contributed by atoms with Crippen molar-refractivity contribution in [3.8, 4) is 11.5 Å². The quantitative estimate of drug-likeness (QED) is 0.786. The SMILES string of the molecule is CCC(CC1CC1)NCc1cc(Cl)c(OC)c(OC)c1. The van der Waals surface area contributed by atoms with Gasteiger partial charge in [0.25, 0.3) is 0 Å². The lowest BCUT2D eigenvalue weighted by Gasteiger charge is -2.18. The van der Waals surface area contributed by atoms with Crippen LogP contribution < -0.4 is 14.8 Å². The first-order valence-electron chi connectivity index (χ1n) is 7.31. The molecule has 1 N–H and O–H groups in total. The molecule has 0 spiro atoms. The van der Waals surface area contributed by atoms with E-state index in [9.17, 15) is 0 Å². The molecule has 0 bridgehead atoms. The van der Waals surface area contributed by atoms with Gasteiger partial charge in [-0.1, -0.05) is 31.4 Å². The molecule has 1 aromatic rings. The molecule has 1 unspecified atom stereocenters. The van der Waals surface area contributed by atoms with Crippen LogP contribution in [0, 0.1) is 5.92 Å². The molecule has 3 nitrogen and oxygen atoms in total. The highest BCUT2D eigenvalue weighted by atomic mass is 35.5. The maximum atomic E-state index is 6.22. The monoisotopic (exact) mass is 297 g/mol. The molecule has 20 heavy (non-hydrogen) atoms. The maximum absolute atomic E-state index is 6.22. The van der Waals surface area contributed by atoms with Crippen molar-refractivity contribution in [2.75, 3.05) is 14.2 Å². The summed E-state index contributed by atoms with van der Waals surface area (Å²) in [6.07, 6.45) is 5.26. The van der Waals surface area contributed by atoms with Crippen molar-refractivity contribution in [3.63, 3.8) is 0 Å². The molecule has 112 valence electrons. The van der Waals surface area contributed by atoms with Gasteiger partial charge in [0.2, 0.25) is 0 Å². The molecule has 2 rings (SSSR count). The van der Waals surface area contributed by atoms with Crippen molar-refractivity contribution in [1.29, 1.82) is 0 Å².